The van der Waals surface area contributed by atoms with E-state index in [9.17, 15) is 22.8 Å². The molecule has 2 aromatic rings. The maximum absolute atomic E-state index is 12.4. The molecule has 0 atom stereocenters. The molecular formula is C18H17F3N2O4. The molecule has 0 aliphatic heterocycles. The van der Waals surface area contributed by atoms with Crippen LogP contribution in [0.1, 0.15) is 21.5 Å². The molecule has 0 aliphatic carbocycles. The fourth-order valence-electron chi connectivity index (χ4n) is 2.17. The van der Waals surface area contributed by atoms with Crippen molar-refractivity contribution in [2.45, 2.75) is 19.5 Å². The summed E-state index contributed by atoms with van der Waals surface area (Å²) < 4.78 is 45.7. The number of para-hydroxylation sites is 1. The fourth-order valence-corrected chi connectivity index (χ4v) is 2.17. The smallest absolute Gasteiger partial charge is 0.465 e. The van der Waals surface area contributed by atoms with E-state index in [1.165, 1.54) is 25.3 Å². The molecule has 27 heavy (non-hydrogen) atoms. The highest BCUT2D eigenvalue weighted by Crippen LogP contribution is 2.26. The molecule has 9 heteroatoms. The Morgan fingerprint density at radius 2 is 1.59 bits per heavy atom. The number of halogens is 3. The summed E-state index contributed by atoms with van der Waals surface area (Å²) in [5, 5.41) is 5.03. The first-order valence-corrected chi connectivity index (χ1v) is 7.81. The molecule has 0 aliphatic rings. The molecule has 2 rings (SSSR count). The first-order chi connectivity index (χ1) is 12.8. The van der Waals surface area contributed by atoms with Gasteiger partial charge < -0.3 is 20.1 Å². The van der Waals surface area contributed by atoms with Crippen LogP contribution in [0, 0.1) is 0 Å². The van der Waals surface area contributed by atoms with Gasteiger partial charge in [0.15, 0.2) is 0 Å². The lowest BCUT2D eigenvalue weighted by Crippen LogP contribution is -2.34. The molecule has 2 amide bonds. The van der Waals surface area contributed by atoms with Gasteiger partial charge in [0.2, 0.25) is 0 Å². The molecule has 0 saturated heterocycles. The Bertz CT molecular complexity index is 792. The van der Waals surface area contributed by atoms with E-state index in [1.807, 2.05) is 0 Å². The van der Waals surface area contributed by atoms with Crippen LogP contribution in [0.15, 0.2) is 48.5 Å². The summed E-state index contributed by atoms with van der Waals surface area (Å²) in [5.41, 5.74) is 1.30. The molecule has 0 aromatic heterocycles. The average molecular weight is 382 g/mol. The number of alkyl halides is 3. The quantitative estimate of drug-likeness (QED) is 0.751. The molecule has 0 heterocycles. The summed E-state index contributed by atoms with van der Waals surface area (Å²) in [6.45, 7) is 0.0351. The Morgan fingerprint density at radius 3 is 2.22 bits per heavy atom. The van der Waals surface area contributed by atoms with Crippen LogP contribution < -0.4 is 15.4 Å². The minimum Gasteiger partial charge on any atom is -0.465 e. The average Bonchev–Trinajstić information content (AvgIpc) is 2.64. The van der Waals surface area contributed by atoms with Gasteiger partial charge in [-0.3, -0.25) is 0 Å². The number of nitrogens with one attached hydrogen (secondary N) is 2. The van der Waals surface area contributed by atoms with Gasteiger partial charge in [-0.25, -0.2) is 9.59 Å². The van der Waals surface area contributed by atoms with Crippen molar-refractivity contribution in [3.05, 3.63) is 65.2 Å². The normalized spacial score (nSPS) is 10.8. The third-order valence-electron chi connectivity index (χ3n) is 3.47. The highest BCUT2D eigenvalue weighted by Gasteiger charge is 2.31. The number of ether oxygens (including phenoxy) is 2. The second kappa shape index (κ2) is 8.93. The Labute approximate surface area is 153 Å². The third-order valence-corrected chi connectivity index (χ3v) is 3.47. The number of amides is 2. The molecule has 2 N–H and O–H groups in total. The summed E-state index contributed by atoms with van der Waals surface area (Å²) in [5.74, 6) is -0.837. The van der Waals surface area contributed by atoms with Crippen molar-refractivity contribution < 1.29 is 32.2 Å². The van der Waals surface area contributed by atoms with E-state index in [0.29, 0.717) is 5.56 Å². The zero-order valence-corrected chi connectivity index (χ0v) is 14.3. The summed E-state index contributed by atoms with van der Waals surface area (Å²) in [4.78, 5) is 23.2. The van der Waals surface area contributed by atoms with Crippen molar-refractivity contribution in [1.82, 2.24) is 10.6 Å². The predicted molar refractivity (Wildman–Crippen MR) is 90.0 cm³/mol. The first-order valence-electron chi connectivity index (χ1n) is 7.81. The zero-order chi connectivity index (χ0) is 19.9. The van der Waals surface area contributed by atoms with Crippen LogP contribution >= 0.6 is 0 Å². The number of carbonyl (C=O) groups is 2. The van der Waals surface area contributed by atoms with Crippen molar-refractivity contribution in [3.8, 4) is 5.75 Å². The minimum absolute atomic E-state index is 0.140. The van der Waals surface area contributed by atoms with Crippen molar-refractivity contribution in [1.29, 1.82) is 0 Å². The summed E-state index contributed by atoms with van der Waals surface area (Å²) >= 11 is 0. The zero-order valence-electron chi connectivity index (χ0n) is 14.3. The van der Waals surface area contributed by atoms with E-state index in [0.717, 1.165) is 5.56 Å². The molecule has 0 bridgehead atoms. The van der Waals surface area contributed by atoms with Crippen LogP contribution in [0.25, 0.3) is 0 Å². The lowest BCUT2D eigenvalue weighted by Gasteiger charge is -2.14. The number of methoxy groups -OCH3 is 1. The number of urea groups is 1. The van der Waals surface area contributed by atoms with Crippen LogP contribution in [0.5, 0.6) is 5.75 Å². The van der Waals surface area contributed by atoms with Crippen LogP contribution in [0.3, 0.4) is 0 Å². The fraction of sp³-hybridized carbons (Fsp3) is 0.222. The monoisotopic (exact) mass is 382 g/mol. The third kappa shape index (κ3) is 6.53. The predicted octanol–water partition coefficient (Wildman–Crippen LogP) is 3.37. The first kappa shape index (κ1) is 20.1. The van der Waals surface area contributed by atoms with Crippen LogP contribution in [0.4, 0.5) is 18.0 Å². The largest absolute Gasteiger partial charge is 0.573 e. The Hall–Kier alpha value is -3.23. The maximum Gasteiger partial charge on any atom is 0.573 e. The molecule has 2 aromatic carbocycles. The second-order valence-corrected chi connectivity index (χ2v) is 5.38. The summed E-state index contributed by atoms with van der Waals surface area (Å²) in [7, 11) is 1.28. The number of carbonyl (C=O) groups excluding carboxylic acids is 2. The van der Waals surface area contributed by atoms with E-state index in [4.69, 9.17) is 0 Å². The van der Waals surface area contributed by atoms with Crippen molar-refractivity contribution in [3.63, 3.8) is 0 Å². The van der Waals surface area contributed by atoms with Gasteiger partial charge in [-0.05, 0) is 23.8 Å². The number of benzene rings is 2. The van der Waals surface area contributed by atoms with E-state index in [2.05, 4.69) is 20.1 Å². The molecule has 0 unspecified atom stereocenters. The second-order valence-electron chi connectivity index (χ2n) is 5.38. The van der Waals surface area contributed by atoms with E-state index in [-0.39, 0.29) is 24.4 Å². The molecule has 0 saturated carbocycles. The molecular weight excluding hydrogens is 365 g/mol. The molecule has 0 fully saturated rings. The maximum atomic E-state index is 12.4. The Balaban J connectivity index is 1.86. The highest BCUT2D eigenvalue weighted by atomic mass is 19.4. The number of esters is 1. The molecule has 6 nitrogen and oxygen atoms in total. The topological polar surface area (TPSA) is 76.7 Å². The standard InChI is InChI=1S/C18H17F3N2O4/c1-26-16(24)13-8-6-12(7-9-13)10-22-17(25)23-11-14-4-2-3-5-15(14)27-18(19,20)21/h2-9H,10-11H2,1H3,(H2,22,23,25). The SMILES string of the molecule is COC(=O)c1ccc(CNC(=O)NCc2ccccc2OC(F)(F)F)cc1. The van der Waals surface area contributed by atoms with Gasteiger partial charge in [0, 0.05) is 18.7 Å². The van der Waals surface area contributed by atoms with Crippen LogP contribution in [0.2, 0.25) is 0 Å². The summed E-state index contributed by atoms with van der Waals surface area (Å²) in [6.07, 6.45) is -4.81. The van der Waals surface area contributed by atoms with Gasteiger partial charge in [-0.1, -0.05) is 30.3 Å². The van der Waals surface area contributed by atoms with Gasteiger partial charge in [0.25, 0.3) is 0 Å². The number of hydrogen-bond acceptors (Lipinski definition) is 4. The molecule has 0 radical (unpaired) electrons. The van der Waals surface area contributed by atoms with Crippen LogP contribution in [-0.4, -0.2) is 25.5 Å². The van der Waals surface area contributed by atoms with Gasteiger partial charge in [0.05, 0.1) is 12.7 Å². The van der Waals surface area contributed by atoms with Crippen LogP contribution in [-0.2, 0) is 17.8 Å². The van der Waals surface area contributed by atoms with Crippen molar-refractivity contribution in [2.24, 2.45) is 0 Å². The number of rotatable bonds is 6. The lowest BCUT2D eigenvalue weighted by atomic mass is 10.1. The summed E-state index contributed by atoms with van der Waals surface area (Å²) in [6, 6.07) is 11.4. The lowest BCUT2D eigenvalue weighted by molar-refractivity contribution is -0.274. The van der Waals surface area contributed by atoms with Crippen molar-refractivity contribution in [2.75, 3.05) is 7.11 Å². The van der Waals surface area contributed by atoms with Gasteiger partial charge in [0.1, 0.15) is 5.75 Å². The van der Waals surface area contributed by atoms with E-state index < -0.39 is 18.4 Å². The van der Waals surface area contributed by atoms with Gasteiger partial charge in [-0.15, -0.1) is 13.2 Å². The van der Waals surface area contributed by atoms with Gasteiger partial charge in [-0.2, -0.15) is 0 Å². The number of hydrogen-bond donors (Lipinski definition) is 2. The Morgan fingerprint density at radius 1 is 0.963 bits per heavy atom. The van der Waals surface area contributed by atoms with Gasteiger partial charge >= 0.3 is 18.4 Å². The van der Waals surface area contributed by atoms with Crippen molar-refractivity contribution >= 4 is 12.0 Å². The molecule has 144 valence electrons. The van der Waals surface area contributed by atoms with E-state index in [1.54, 1.807) is 30.3 Å². The minimum atomic E-state index is -4.81. The van der Waals surface area contributed by atoms with E-state index >= 15 is 0 Å². The molecule has 0 spiro atoms. The highest BCUT2D eigenvalue weighted by molar-refractivity contribution is 5.89. The Kier molecular flexibility index (Phi) is 6.64.